The van der Waals surface area contributed by atoms with Crippen molar-refractivity contribution < 1.29 is 14.6 Å². The Balaban J connectivity index is 2.23. The highest BCUT2D eigenvalue weighted by Gasteiger charge is 2.29. The Kier molecular flexibility index (Phi) is 4.85. The van der Waals surface area contributed by atoms with Gasteiger partial charge in [0.25, 0.3) is 5.91 Å². The molecule has 2 atom stereocenters. The van der Waals surface area contributed by atoms with Crippen LogP contribution in [-0.4, -0.2) is 48.7 Å². The third-order valence-electron chi connectivity index (χ3n) is 4.04. The topological polar surface area (TPSA) is 53.0 Å². The molecule has 0 bridgehead atoms. The van der Waals surface area contributed by atoms with Gasteiger partial charge in [-0.25, -0.2) is 0 Å². The van der Waals surface area contributed by atoms with Gasteiger partial charge in [-0.05, 0) is 37.7 Å². The molecule has 0 spiro atoms. The Hall–Kier alpha value is -1.59. The molecule has 1 heterocycles. The van der Waals surface area contributed by atoms with Crippen LogP contribution in [0.1, 0.15) is 32.4 Å². The number of nitrogens with zero attached hydrogens (tertiary/aromatic N) is 2. The lowest BCUT2D eigenvalue weighted by atomic mass is 10.1. The fourth-order valence-electron chi connectivity index (χ4n) is 2.57. The molecule has 116 valence electrons. The lowest BCUT2D eigenvalue weighted by molar-refractivity contribution is -0.125. The van der Waals surface area contributed by atoms with E-state index in [9.17, 15) is 9.90 Å². The van der Waals surface area contributed by atoms with Gasteiger partial charge in [0.15, 0.2) is 6.10 Å². The van der Waals surface area contributed by atoms with E-state index >= 15 is 0 Å². The third-order valence-corrected chi connectivity index (χ3v) is 4.04. The molecular formula is C16H24N2O3. The number of rotatable bonds is 5. The summed E-state index contributed by atoms with van der Waals surface area (Å²) in [5, 5.41) is 10.4. The molecular weight excluding hydrogens is 268 g/mol. The first-order valence-corrected chi connectivity index (χ1v) is 7.46. The number of benzene rings is 1. The summed E-state index contributed by atoms with van der Waals surface area (Å²) in [7, 11) is 1.74. The molecule has 2 unspecified atom stereocenters. The molecule has 5 heteroatoms. The van der Waals surface area contributed by atoms with E-state index in [-0.39, 0.29) is 5.91 Å². The summed E-state index contributed by atoms with van der Waals surface area (Å²) in [6.07, 6.45) is -1.04. The Morgan fingerprint density at radius 3 is 2.67 bits per heavy atom. The van der Waals surface area contributed by atoms with Crippen LogP contribution in [0.2, 0.25) is 0 Å². The standard InChI is InChI=1S/C16H24N2O3/c1-5-18(6-2)10-14(19)12-7-8-15-13(9-12)17(4)16(20)11(3)21-15/h7-9,11,14,19H,5-6,10H2,1-4H3. The van der Waals surface area contributed by atoms with Crippen LogP contribution in [0.3, 0.4) is 0 Å². The van der Waals surface area contributed by atoms with E-state index in [2.05, 4.69) is 18.7 Å². The van der Waals surface area contributed by atoms with Crippen LogP contribution in [0.15, 0.2) is 18.2 Å². The van der Waals surface area contributed by atoms with Crippen LogP contribution >= 0.6 is 0 Å². The number of hydrogen-bond acceptors (Lipinski definition) is 4. The average Bonchev–Trinajstić information content (AvgIpc) is 2.50. The van der Waals surface area contributed by atoms with Crippen LogP contribution in [0.25, 0.3) is 0 Å². The number of aliphatic hydroxyl groups excluding tert-OH is 1. The van der Waals surface area contributed by atoms with Gasteiger partial charge in [-0.2, -0.15) is 0 Å². The number of likely N-dealkylation sites (N-methyl/N-ethyl adjacent to an activating group) is 2. The van der Waals surface area contributed by atoms with E-state index in [0.717, 1.165) is 18.7 Å². The Morgan fingerprint density at radius 2 is 2.05 bits per heavy atom. The molecule has 0 aliphatic carbocycles. The fraction of sp³-hybridized carbons (Fsp3) is 0.562. The number of aliphatic hydroxyl groups is 1. The van der Waals surface area contributed by atoms with E-state index in [0.29, 0.717) is 18.0 Å². The lowest BCUT2D eigenvalue weighted by Crippen LogP contribution is -2.42. The van der Waals surface area contributed by atoms with E-state index < -0.39 is 12.2 Å². The summed E-state index contributed by atoms with van der Waals surface area (Å²) >= 11 is 0. The molecule has 0 saturated carbocycles. The number of anilines is 1. The van der Waals surface area contributed by atoms with E-state index in [1.165, 1.54) is 0 Å². The number of amides is 1. The molecule has 0 fully saturated rings. The van der Waals surface area contributed by atoms with Gasteiger partial charge in [-0.1, -0.05) is 19.9 Å². The second kappa shape index (κ2) is 6.45. The SMILES string of the molecule is CCN(CC)CC(O)c1ccc2c(c1)N(C)C(=O)C(C)O2. The first-order valence-electron chi connectivity index (χ1n) is 7.46. The maximum absolute atomic E-state index is 12.0. The molecule has 2 rings (SSSR count). The first kappa shape index (κ1) is 15.8. The van der Waals surface area contributed by atoms with Gasteiger partial charge < -0.3 is 19.6 Å². The van der Waals surface area contributed by atoms with Crippen LogP contribution in [0.4, 0.5) is 5.69 Å². The Bertz CT molecular complexity index is 514. The zero-order valence-electron chi connectivity index (χ0n) is 13.2. The van der Waals surface area contributed by atoms with Crippen molar-refractivity contribution in [3.63, 3.8) is 0 Å². The molecule has 0 radical (unpaired) electrons. The fourth-order valence-corrected chi connectivity index (χ4v) is 2.57. The van der Waals surface area contributed by atoms with Crippen molar-refractivity contribution in [1.82, 2.24) is 4.90 Å². The summed E-state index contributed by atoms with van der Waals surface area (Å²) in [4.78, 5) is 15.7. The van der Waals surface area contributed by atoms with Crippen molar-refractivity contribution in [2.24, 2.45) is 0 Å². The lowest BCUT2D eigenvalue weighted by Gasteiger charge is -2.31. The second-order valence-electron chi connectivity index (χ2n) is 5.39. The maximum Gasteiger partial charge on any atom is 0.267 e. The van der Waals surface area contributed by atoms with Crippen LogP contribution in [0, 0.1) is 0 Å². The molecule has 0 saturated heterocycles. The first-order chi connectivity index (χ1) is 9.97. The molecule has 1 aromatic rings. The number of hydrogen-bond donors (Lipinski definition) is 1. The number of ether oxygens (including phenoxy) is 1. The Morgan fingerprint density at radius 1 is 1.38 bits per heavy atom. The smallest absolute Gasteiger partial charge is 0.267 e. The molecule has 0 aromatic heterocycles. The quantitative estimate of drug-likeness (QED) is 0.899. The largest absolute Gasteiger partial charge is 0.479 e. The van der Waals surface area contributed by atoms with Gasteiger partial charge in [0.2, 0.25) is 0 Å². The van der Waals surface area contributed by atoms with Crippen molar-refractivity contribution in [3.8, 4) is 5.75 Å². The molecule has 5 nitrogen and oxygen atoms in total. The molecule has 1 amide bonds. The van der Waals surface area contributed by atoms with Crippen molar-refractivity contribution in [2.75, 3.05) is 31.6 Å². The molecule has 1 aliphatic rings. The van der Waals surface area contributed by atoms with Crippen molar-refractivity contribution in [1.29, 1.82) is 0 Å². The summed E-state index contributed by atoms with van der Waals surface area (Å²) in [5.41, 5.74) is 1.52. The molecule has 1 aromatic carbocycles. The minimum absolute atomic E-state index is 0.0714. The highest BCUT2D eigenvalue weighted by atomic mass is 16.5. The van der Waals surface area contributed by atoms with Crippen molar-refractivity contribution >= 4 is 11.6 Å². The number of carbonyl (C=O) groups excluding carboxylic acids is 1. The van der Waals surface area contributed by atoms with Crippen LogP contribution < -0.4 is 9.64 Å². The van der Waals surface area contributed by atoms with E-state index in [1.807, 2.05) is 18.2 Å². The van der Waals surface area contributed by atoms with Gasteiger partial charge in [-0.15, -0.1) is 0 Å². The highest BCUT2D eigenvalue weighted by Crippen LogP contribution is 2.35. The number of fused-ring (bicyclic) bond motifs is 1. The minimum atomic E-state index is -0.571. The van der Waals surface area contributed by atoms with Gasteiger partial charge in [0.05, 0.1) is 11.8 Å². The summed E-state index contributed by atoms with van der Waals surface area (Å²) < 4.78 is 5.59. The minimum Gasteiger partial charge on any atom is -0.479 e. The number of carbonyl (C=O) groups is 1. The predicted octanol–water partition coefficient (Wildman–Crippen LogP) is 1.81. The zero-order chi connectivity index (χ0) is 15.6. The highest BCUT2D eigenvalue weighted by molar-refractivity contribution is 5.99. The van der Waals surface area contributed by atoms with Crippen LogP contribution in [-0.2, 0) is 4.79 Å². The van der Waals surface area contributed by atoms with E-state index in [1.54, 1.807) is 18.9 Å². The van der Waals surface area contributed by atoms with Gasteiger partial charge in [0.1, 0.15) is 5.75 Å². The predicted molar refractivity (Wildman–Crippen MR) is 82.7 cm³/mol. The Labute approximate surface area is 126 Å². The summed E-state index contributed by atoms with van der Waals surface area (Å²) in [6.45, 7) is 8.27. The molecule has 1 aliphatic heterocycles. The van der Waals surface area contributed by atoms with Crippen molar-refractivity contribution in [2.45, 2.75) is 33.0 Å². The zero-order valence-corrected chi connectivity index (χ0v) is 13.2. The molecule has 21 heavy (non-hydrogen) atoms. The molecule has 1 N–H and O–H groups in total. The summed E-state index contributed by atoms with van der Waals surface area (Å²) in [5.74, 6) is 0.612. The summed E-state index contributed by atoms with van der Waals surface area (Å²) in [6, 6.07) is 5.53. The van der Waals surface area contributed by atoms with E-state index in [4.69, 9.17) is 4.74 Å². The van der Waals surface area contributed by atoms with Crippen LogP contribution in [0.5, 0.6) is 5.75 Å². The van der Waals surface area contributed by atoms with Gasteiger partial charge in [0, 0.05) is 13.6 Å². The van der Waals surface area contributed by atoms with Gasteiger partial charge in [-0.3, -0.25) is 4.79 Å². The maximum atomic E-state index is 12.0. The third kappa shape index (κ3) is 3.19. The normalized spacial score (nSPS) is 19.4. The van der Waals surface area contributed by atoms with Gasteiger partial charge >= 0.3 is 0 Å². The monoisotopic (exact) mass is 292 g/mol. The average molecular weight is 292 g/mol. The second-order valence-corrected chi connectivity index (χ2v) is 5.39. The van der Waals surface area contributed by atoms with Crippen molar-refractivity contribution in [3.05, 3.63) is 23.8 Å².